The van der Waals surface area contributed by atoms with E-state index in [1.807, 2.05) is 36.5 Å². The van der Waals surface area contributed by atoms with E-state index in [1.54, 1.807) is 14.2 Å². The van der Waals surface area contributed by atoms with Crippen LogP contribution in [-0.4, -0.2) is 46.5 Å². The molecule has 0 heterocycles. The van der Waals surface area contributed by atoms with Crippen molar-refractivity contribution < 1.29 is 14.2 Å². The fourth-order valence-electron chi connectivity index (χ4n) is 1.24. The van der Waals surface area contributed by atoms with E-state index in [-0.39, 0.29) is 6.29 Å². The van der Waals surface area contributed by atoms with Crippen molar-refractivity contribution in [3.05, 3.63) is 35.9 Å². The van der Waals surface area contributed by atoms with Gasteiger partial charge in [0, 0.05) is 20.4 Å². The van der Waals surface area contributed by atoms with Crippen molar-refractivity contribution >= 4 is 6.21 Å². The van der Waals surface area contributed by atoms with Gasteiger partial charge in [-0.15, -0.1) is 0 Å². The van der Waals surface area contributed by atoms with Gasteiger partial charge >= 0.3 is 0 Å². The molecule has 0 amide bonds. The zero-order chi connectivity index (χ0) is 12.3. The summed E-state index contributed by atoms with van der Waals surface area (Å²) >= 11 is 0. The number of rotatable bonds is 8. The summed E-state index contributed by atoms with van der Waals surface area (Å²) in [5.41, 5.74) is 1.10. The number of methoxy groups -OCH3 is 2. The van der Waals surface area contributed by atoms with Crippen LogP contribution in [-0.2, 0) is 14.2 Å². The Kier molecular flexibility index (Phi) is 7.22. The van der Waals surface area contributed by atoms with Gasteiger partial charge < -0.3 is 14.2 Å². The summed E-state index contributed by atoms with van der Waals surface area (Å²) in [6.07, 6.45) is 1.54. The Labute approximate surface area is 102 Å². The second-order valence-corrected chi connectivity index (χ2v) is 3.42. The van der Waals surface area contributed by atoms with Gasteiger partial charge in [0.15, 0.2) is 6.29 Å². The smallest absolute Gasteiger partial charge is 0.180 e. The van der Waals surface area contributed by atoms with Gasteiger partial charge in [0.25, 0.3) is 0 Å². The Morgan fingerprint density at radius 2 is 1.88 bits per heavy atom. The molecule has 0 aromatic heterocycles. The van der Waals surface area contributed by atoms with Crippen molar-refractivity contribution in [2.75, 3.05) is 34.0 Å². The molecular weight excluding hydrogens is 218 g/mol. The van der Waals surface area contributed by atoms with Crippen LogP contribution in [0, 0.1) is 0 Å². The molecule has 0 radical (unpaired) electrons. The van der Waals surface area contributed by atoms with Crippen molar-refractivity contribution in [3.8, 4) is 0 Å². The van der Waals surface area contributed by atoms with Crippen LogP contribution >= 0.6 is 0 Å². The van der Waals surface area contributed by atoms with Gasteiger partial charge in [-0.25, -0.2) is 0 Å². The van der Waals surface area contributed by atoms with E-state index >= 15 is 0 Å². The molecule has 0 N–H and O–H groups in total. The van der Waals surface area contributed by atoms with E-state index < -0.39 is 0 Å². The SMILES string of the molecule is COC(COCC/N=C/c1ccccc1)OC. The van der Waals surface area contributed by atoms with E-state index in [4.69, 9.17) is 14.2 Å². The summed E-state index contributed by atoms with van der Waals surface area (Å²) in [5.74, 6) is 0. The highest BCUT2D eigenvalue weighted by Gasteiger charge is 2.03. The van der Waals surface area contributed by atoms with Crippen LogP contribution in [0.1, 0.15) is 5.56 Å². The minimum Gasteiger partial charge on any atom is -0.374 e. The number of hydrogen-bond acceptors (Lipinski definition) is 4. The number of hydrogen-bond donors (Lipinski definition) is 0. The lowest BCUT2D eigenvalue weighted by Gasteiger charge is -2.12. The maximum absolute atomic E-state index is 5.35. The lowest BCUT2D eigenvalue weighted by atomic mass is 10.2. The Bertz CT molecular complexity index is 310. The minimum absolute atomic E-state index is 0.298. The van der Waals surface area contributed by atoms with Crippen LogP contribution < -0.4 is 0 Å². The molecule has 4 nitrogen and oxygen atoms in total. The van der Waals surface area contributed by atoms with Gasteiger partial charge in [-0.2, -0.15) is 0 Å². The fourth-order valence-corrected chi connectivity index (χ4v) is 1.24. The summed E-state index contributed by atoms with van der Waals surface area (Å²) < 4.78 is 15.3. The van der Waals surface area contributed by atoms with Crippen molar-refractivity contribution in [3.63, 3.8) is 0 Å². The maximum Gasteiger partial charge on any atom is 0.180 e. The number of nitrogens with zero attached hydrogens (tertiary/aromatic N) is 1. The van der Waals surface area contributed by atoms with Gasteiger partial charge in [0.2, 0.25) is 0 Å². The van der Waals surface area contributed by atoms with Crippen LogP contribution in [0.3, 0.4) is 0 Å². The molecule has 0 fully saturated rings. The molecule has 0 saturated heterocycles. The van der Waals surface area contributed by atoms with Crippen LogP contribution in [0.15, 0.2) is 35.3 Å². The Morgan fingerprint density at radius 1 is 1.18 bits per heavy atom. The third-order valence-corrected chi connectivity index (χ3v) is 2.18. The van der Waals surface area contributed by atoms with Gasteiger partial charge in [0.05, 0.1) is 19.8 Å². The largest absolute Gasteiger partial charge is 0.374 e. The molecule has 0 spiro atoms. The molecule has 0 atom stereocenters. The third-order valence-electron chi connectivity index (χ3n) is 2.18. The average Bonchev–Trinajstić information content (AvgIpc) is 2.39. The monoisotopic (exact) mass is 237 g/mol. The first kappa shape index (κ1) is 13.8. The van der Waals surface area contributed by atoms with Gasteiger partial charge in [-0.1, -0.05) is 30.3 Å². The summed E-state index contributed by atoms with van der Waals surface area (Å²) in [6.45, 7) is 1.62. The van der Waals surface area contributed by atoms with Crippen LogP contribution in [0.25, 0.3) is 0 Å². The van der Waals surface area contributed by atoms with E-state index in [2.05, 4.69) is 4.99 Å². The van der Waals surface area contributed by atoms with Gasteiger partial charge in [0.1, 0.15) is 0 Å². The Balaban J connectivity index is 2.10. The molecule has 0 aliphatic carbocycles. The molecule has 0 unspecified atom stereocenters. The molecule has 94 valence electrons. The van der Waals surface area contributed by atoms with Crippen molar-refractivity contribution in [1.82, 2.24) is 0 Å². The summed E-state index contributed by atoms with van der Waals surface area (Å²) in [6, 6.07) is 9.97. The summed E-state index contributed by atoms with van der Waals surface area (Å²) in [4.78, 5) is 4.26. The molecule has 0 aliphatic heterocycles. The quantitative estimate of drug-likeness (QED) is 0.393. The maximum atomic E-state index is 5.35. The van der Waals surface area contributed by atoms with Gasteiger partial charge in [-0.3, -0.25) is 4.99 Å². The lowest BCUT2D eigenvalue weighted by Crippen LogP contribution is -2.20. The molecule has 0 aliphatic rings. The first-order chi connectivity index (χ1) is 8.36. The van der Waals surface area contributed by atoms with E-state index in [9.17, 15) is 0 Å². The highest BCUT2D eigenvalue weighted by atomic mass is 16.7. The molecular formula is C13H19NO3. The minimum atomic E-state index is -0.298. The van der Waals surface area contributed by atoms with Crippen molar-refractivity contribution in [2.45, 2.75) is 6.29 Å². The highest BCUT2D eigenvalue weighted by molar-refractivity contribution is 5.79. The number of benzene rings is 1. The van der Waals surface area contributed by atoms with E-state index in [0.29, 0.717) is 19.8 Å². The second-order valence-electron chi connectivity index (χ2n) is 3.42. The molecule has 1 aromatic rings. The van der Waals surface area contributed by atoms with Crippen molar-refractivity contribution in [1.29, 1.82) is 0 Å². The summed E-state index contributed by atoms with van der Waals surface area (Å²) in [7, 11) is 3.18. The first-order valence-electron chi connectivity index (χ1n) is 5.55. The normalized spacial score (nSPS) is 11.5. The topological polar surface area (TPSA) is 40.0 Å². The number of ether oxygens (including phenoxy) is 3. The van der Waals surface area contributed by atoms with Crippen LogP contribution in [0.5, 0.6) is 0 Å². The molecule has 17 heavy (non-hydrogen) atoms. The molecule has 0 bridgehead atoms. The highest BCUT2D eigenvalue weighted by Crippen LogP contribution is 1.94. The molecule has 1 rings (SSSR count). The third kappa shape index (κ3) is 6.16. The zero-order valence-electron chi connectivity index (χ0n) is 10.3. The first-order valence-corrected chi connectivity index (χ1v) is 5.55. The van der Waals surface area contributed by atoms with Crippen molar-refractivity contribution in [2.24, 2.45) is 4.99 Å². The standard InChI is InChI=1S/C13H19NO3/c1-15-13(16-2)11-17-9-8-14-10-12-6-4-3-5-7-12/h3-7,10,13H,8-9,11H2,1-2H3/b14-10+. The molecule has 4 heteroatoms. The lowest BCUT2D eigenvalue weighted by molar-refractivity contribution is -0.139. The fraction of sp³-hybridized carbons (Fsp3) is 0.462. The van der Waals surface area contributed by atoms with Crippen LogP contribution in [0.4, 0.5) is 0 Å². The number of aliphatic imine (C=N–C) groups is 1. The second kappa shape index (κ2) is 8.87. The average molecular weight is 237 g/mol. The molecule has 1 aromatic carbocycles. The van der Waals surface area contributed by atoms with E-state index in [1.165, 1.54) is 0 Å². The van der Waals surface area contributed by atoms with Crippen LogP contribution in [0.2, 0.25) is 0 Å². The zero-order valence-corrected chi connectivity index (χ0v) is 10.3. The van der Waals surface area contributed by atoms with E-state index in [0.717, 1.165) is 5.56 Å². The molecule has 0 saturated carbocycles. The van der Waals surface area contributed by atoms with Gasteiger partial charge in [-0.05, 0) is 5.56 Å². The predicted octanol–water partition coefficient (Wildman–Crippen LogP) is 1.74. The predicted molar refractivity (Wildman–Crippen MR) is 67.5 cm³/mol. The summed E-state index contributed by atoms with van der Waals surface area (Å²) in [5, 5.41) is 0. The Hall–Kier alpha value is -1.23. The Morgan fingerprint density at radius 3 is 2.53 bits per heavy atom.